The fourth-order valence-electron chi connectivity index (χ4n) is 2.47. The molecule has 0 aromatic heterocycles. The minimum absolute atomic E-state index is 0.0251. The summed E-state index contributed by atoms with van der Waals surface area (Å²) in [4.78, 5) is 24.6. The Hall–Kier alpha value is -2.08. The molecule has 0 bridgehead atoms. The van der Waals surface area contributed by atoms with Gasteiger partial charge in [0.2, 0.25) is 0 Å². The number of aliphatic hydroxyl groups excluding tert-OH is 1. The van der Waals surface area contributed by atoms with Crippen molar-refractivity contribution in [3.8, 4) is 5.75 Å². The van der Waals surface area contributed by atoms with Crippen molar-refractivity contribution in [2.75, 3.05) is 6.54 Å². The summed E-state index contributed by atoms with van der Waals surface area (Å²) < 4.78 is 5.57. The Balaban J connectivity index is 2.06. The first kappa shape index (κ1) is 15.3. The van der Waals surface area contributed by atoms with E-state index < -0.39 is 30.1 Å². The van der Waals surface area contributed by atoms with E-state index in [1.54, 1.807) is 19.1 Å². The van der Waals surface area contributed by atoms with Crippen molar-refractivity contribution >= 4 is 11.9 Å². The molecule has 6 heteroatoms. The fourth-order valence-corrected chi connectivity index (χ4v) is 2.47. The molecular formula is C15H19NO5. The second kappa shape index (κ2) is 6.13. The predicted octanol–water partition coefficient (Wildman–Crippen LogP) is 0.809. The van der Waals surface area contributed by atoms with Crippen LogP contribution in [0.15, 0.2) is 24.3 Å². The number of rotatable bonds is 4. The van der Waals surface area contributed by atoms with E-state index in [1.807, 2.05) is 19.1 Å². The van der Waals surface area contributed by atoms with Gasteiger partial charge in [-0.15, -0.1) is 0 Å². The highest BCUT2D eigenvalue weighted by atomic mass is 16.5. The number of carboxylic acid groups (broad SMARTS) is 1. The molecule has 2 rings (SSSR count). The molecule has 1 aromatic carbocycles. The minimum atomic E-state index is -1.11. The number of ether oxygens (including phenoxy) is 1. The highest BCUT2D eigenvalue weighted by molar-refractivity contribution is 5.87. The molecule has 0 saturated carbocycles. The van der Waals surface area contributed by atoms with E-state index in [9.17, 15) is 14.7 Å². The summed E-state index contributed by atoms with van der Waals surface area (Å²) in [6.45, 7) is 3.52. The van der Waals surface area contributed by atoms with E-state index in [0.29, 0.717) is 5.75 Å². The molecule has 1 aliphatic heterocycles. The van der Waals surface area contributed by atoms with Crippen molar-refractivity contribution in [3.05, 3.63) is 29.8 Å². The van der Waals surface area contributed by atoms with Crippen molar-refractivity contribution in [1.29, 1.82) is 0 Å². The average Bonchev–Trinajstić information content (AvgIpc) is 2.80. The summed E-state index contributed by atoms with van der Waals surface area (Å²) >= 11 is 0. The topological polar surface area (TPSA) is 87.1 Å². The van der Waals surface area contributed by atoms with Crippen molar-refractivity contribution in [3.63, 3.8) is 0 Å². The van der Waals surface area contributed by atoms with Crippen molar-refractivity contribution in [2.24, 2.45) is 0 Å². The molecule has 1 fully saturated rings. The van der Waals surface area contributed by atoms with Crippen LogP contribution in [0.3, 0.4) is 0 Å². The number of carbonyl (C=O) groups excluding carboxylic acids is 1. The van der Waals surface area contributed by atoms with E-state index >= 15 is 0 Å². The summed E-state index contributed by atoms with van der Waals surface area (Å²) in [5.74, 6) is -0.981. The monoisotopic (exact) mass is 293 g/mol. The third kappa shape index (κ3) is 3.52. The van der Waals surface area contributed by atoms with Gasteiger partial charge in [-0.1, -0.05) is 12.1 Å². The maximum atomic E-state index is 12.3. The summed E-state index contributed by atoms with van der Waals surface area (Å²) in [7, 11) is 0. The van der Waals surface area contributed by atoms with Gasteiger partial charge in [-0.25, -0.2) is 4.79 Å². The fraction of sp³-hybridized carbons (Fsp3) is 0.467. The van der Waals surface area contributed by atoms with E-state index in [4.69, 9.17) is 9.84 Å². The molecule has 1 saturated heterocycles. The van der Waals surface area contributed by atoms with Gasteiger partial charge >= 0.3 is 5.97 Å². The molecular weight excluding hydrogens is 274 g/mol. The number of aryl methyl sites for hydroxylation is 1. The van der Waals surface area contributed by atoms with Gasteiger partial charge < -0.3 is 19.8 Å². The van der Waals surface area contributed by atoms with Gasteiger partial charge in [-0.2, -0.15) is 0 Å². The highest BCUT2D eigenvalue weighted by Crippen LogP contribution is 2.21. The van der Waals surface area contributed by atoms with Gasteiger partial charge in [-0.3, -0.25) is 4.79 Å². The lowest BCUT2D eigenvalue weighted by Crippen LogP contribution is -2.46. The van der Waals surface area contributed by atoms with Crippen LogP contribution in [0.25, 0.3) is 0 Å². The van der Waals surface area contributed by atoms with E-state index in [-0.39, 0.29) is 13.0 Å². The first-order valence-corrected chi connectivity index (χ1v) is 6.83. The lowest BCUT2D eigenvalue weighted by Gasteiger charge is -2.25. The molecule has 3 atom stereocenters. The molecule has 2 unspecified atom stereocenters. The number of hydrogen-bond donors (Lipinski definition) is 2. The minimum Gasteiger partial charge on any atom is -0.481 e. The number of benzene rings is 1. The molecule has 6 nitrogen and oxygen atoms in total. The molecule has 2 N–H and O–H groups in total. The summed E-state index contributed by atoms with van der Waals surface area (Å²) in [5, 5.41) is 18.7. The van der Waals surface area contributed by atoms with Crippen molar-refractivity contribution in [1.82, 2.24) is 4.90 Å². The molecule has 1 aromatic rings. The molecule has 21 heavy (non-hydrogen) atoms. The van der Waals surface area contributed by atoms with Crippen LogP contribution < -0.4 is 4.74 Å². The first-order valence-electron chi connectivity index (χ1n) is 6.83. The highest BCUT2D eigenvalue weighted by Gasteiger charge is 2.40. The van der Waals surface area contributed by atoms with Gasteiger partial charge in [-0.05, 0) is 31.5 Å². The number of aliphatic hydroxyl groups is 1. The first-order chi connectivity index (χ1) is 9.88. The second-order valence-corrected chi connectivity index (χ2v) is 5.31. The van der Waals surface area contributed by atoms with Crippen LogP contribution in [0.4, 0.5) is 0 Å². The second-order valence-electron chi connectivity index (χ2n) is 5.31. The third-order valence-electron chi connectivity index (χ3n) is 3.50. The zero-order valence-corrected chi connectivity index (χ0v) is 12.0. The lowest BCUT2D eigenvalue weighted by molar-refractivity contribution is -0.150. The van der Waals surface area contributed by atoms with Crippen molar-refractivity contribution < 1.29 is 24.5 Å². The zero-order valence-electron chi connectivity index (χ0n) is 12.0. The Morgan fingerprint density at radius 1 is 1.43 bits per heavy atom. The normalized spacial score (nSPS) is 22.9. The molecule has 1 aliphatic rings. The summed E-state index contributed by atoms with van der Waals surface area (Å²) in [5.41, 5.74) is 1.01. The zero-order chi connectivity index (χ0) is 15.6. The number of hydrogen-bond acceptors (Lipinski definition) is 4. The van der Waals surface area contributed by atoms with E-state index in [2.05, 4.69) is 0 Å². The smallest absolute Gasteiger partial charge is 0.326 e. The van der Waals surface area contributed by atoms with Crippen molar-refractivity contribution in [2.45, 2.75) is 38.5 Å². The molecule has 114 valence electrons. The lowest BCUT2D eigenvalue weighted by atomic mass is 10.2. The summed E-state index contributed by atoms with van der Waals surface area (Å²) in [6.07, 6.45) is -1.56. The Bertz CT molecular complexity index is 545. The van der Waals surface area contributed by atoms with Gasteiger partial charge in [0, 0.05) is 13.0 Å². The summed E-state index contributed by atoms with van der Waals surface area (Å²) in [6, 6.07) is 6.29. The number of nitrogens with zero attached hydrogens (tertiary/aromatic N) is 1. The number of β-amino-alcohol motifs (C(OH)–C–C–N with tert-alkyl or cyclic N) is 1. The van der Waals surface area contributed by atoms with E-state index in [0.717, 1.165) is 5.56 Å². The van der Waals surface area contributed by atoms with Gasteiger partial charge in [0.1, 0.15) is 11.8 Å². The van der Waals surface area contributed by atoms with Crippen LogP contribution in [0.2, 0.25) is 0 Å². The molecule has 0 radical (unpaired) electrons. The Morgan fingerprint density at radius 2 is 2.14 bits per heavy atom. The number of carboxylic acids is 1. The molecule has 0 aliphatic carbocycles. The van der Waals surface area contributed by atoms with Crippen LogP contribution >= 0.6 is 0 Å². The Labute approximate surface area is 122 Å². The number of carbonyl (C=O) groups is 2. The van der Waals surface area contributed by atoms with Crippen LogP contribution in [0.5, 0.6) is 5.75 Å². The standard InChI is InChI=1S/C15H19NO5/c1-9-4-3-5-12(6-9)21-10(2)14(18)16-8-11(17)7-13(16)15(19)20/h3-6,10-11,13,17H,7-8H2,1-2H3,(H,19,20)/t10?,11?,13-/m0/s1. The van der Waals surface area contributed by atoms with Gasteiger partial charge in [0.25, 0.3) is 5.91 Å². The van der Waals surface area contributed by atoms with Gasteiger partial charge in [0.15, 0.2) is 6.10 Å². The third-order valence-corrected chi connectivity index (χ3v) is 3.50. The number of likely N-dealkylation sites (tertiary alicyclic amines) is 1. The van der Waals surface area contributed by atoms with Crippen LogP contribution in [0.1, 0.15) is 18.9 Å². The SMILES string of the molecule is Cc1cccc(OC(C)C(=O)N2CC(O)C[C@H]2C(=O)O)c1. The predicted molar refractivity (Wildman–Crippen MR) is 75.0 cm³/mol. The Morgan fingerprint density at radius 3 is 2.76 bits per heavy atom. The quantitative estimate of drug-likeness (QED) is 0.858. The van der Waals surface area contributed by atoms with Crippen LogP contribution in [-0.4, -0.2) is 51.8 Å². The maximum absolute atomic E-state index is 12.3. The van der Waals surface area contributed by atoms with E-state index in [1.165, 1.54) is 4.90 Å². The Kier molecular flexibility index (Phi) is 4.47. The van der Waals surface area contributed by atoms with Crippen LogP contribution in [-0.2, 0) is 9.59 Å². The maximum Gasteiger partial charge on any atom is 0.326 e. The molecule has 1 heterocycles. The van der Waals surface area contributed by atoms with Crippen LogP contribution in [0, 0.1) is 6.92 Å². The number of aliphatic carboxylic acids is 1. The largest absolute Gasteiger partial charge is 0.481 e. The number of amides is 1. The van der Waals surface area contributed by atoms with Gasteiger partial charge in [0.05, 0.1) is 6.10 Å². The average molecular weight is 293 g/mol. The molecule has 0 spiro atoms. The molecule has 1 amide bonds.